The minimum Gasteiger partial charge on any atom is -0.396 e. The molecule has 0 radical (unpaired) electrons. The number of benzene rings is 1. The van der Waals surface area contributed by atoms with Crippen LogP contribution in [0.25, 0.3) is 0 Å². The number of hydrogen-bond donors (Lipinski definition) is 3. The predicted molar refractivity (Wildman–Crippen MR) is 72.8 cm³/mol. The fourth-order valence-electron chi connectivity index (χ4n) is 2.53. The van der Waals surface area contributed by atoms with Crippen molar-refractivity contribution >= 4 is 6.03 Å². The van der Waals surface area contributed by atoms with Gasteiger partial charge < -0.3 is 15.7 Å². The van der Waals surface area contributed by atoms with E-state index in [4.69, 9.17) is 0 Å². The van der Waals surface area contributed by atoms with Crippen LogP contribution in [0.1, 0.15) is 30.7 Å². The van der Waals surface area contributed by atoms with Crippen LogP contribution in [0, 0.1) is 11.2 Å². The monoisotopic (exact) mass is 278 g/mol. The van der Waals surface area contributed by atoms with E-state index in [9.17, 15) is 14.3 Å². The largest absolute Gasteiger partial charge is 0.396 e. The summed E-state index contributed by atoms with van der Waals surface area (Å²) in [5.74, 6) is -0.130. The van der Waals surface area contributed by atoms with Gasteiger partial charge in [-0.25, -0.2) is 9.18 Å². The SMILES string of the molecule is O=C(NCC1(CO)CC1)NC1CC1c1ccccc1F. The maximum absolute atomic E-state index is 13.6. The van der Waals surface area contributed by atoms with E-state index in [1.807, 2.05) is 6.07 Å². The molecule has 108 valence electrons. The molecular weight excluding hydrogens is 259 g/mol. The van der Waals surface area contributed by atoms with E-state index in [0.717, 1.165) is 19.3 Å². The summed E-state index contributed by atoms with van der Waals surface area (Å²) in [5.41, 5.74) is 0.582. The number of nitrogens with one attached hydrogen (secondary N) is 2. The molecule has 2 aliphatic carbocycles. The van der Waals surface area contributed by atoms with E-state index in [1.54, 1.807) is 12.1 Å². The van der Waals surface area contributed by atoms with E-state index in [2.05, 4.69) is 10.6 Å². The Balaban J connectivity index is 1.46. The fourth-order valence-corrected chi connectivity index (χ4v) is 2.53. The second kappa shape index (κ2) is 5.05. The molecule has 20 heavy (non-hydrogen) atoms. The number of urea groups is 1. The molecule has 0 spiro atoms. The van der Waals surface area contributed by atoms with E-state index in [0.29, 0.717) is 12.1 Å². The number of carbonyl (C=O) groups is 1. The van der Waals surface area contributed by atoms with E-state index in [1.165, 1.54) is 6.07 Å². The van der Waals surface area contributed by atoms with Crippen molar-refractivity contribution in [3.8, 4) is 0 Å². The molecule has 4 nitrogen and oxygen atoms in total. The van der Waals surface area contributed by atoms with Gasteiger partial charge in [0.25, 0.3) is 0 Å². The molecule has 2 saturated carbocycles. The number of carbonyl (C=O) groups excluding carboxylic acids is 1. The molecule has 2 amide bonds. The Morgan fingerprint density at radius 1 is 1.40 bits per heavy atom. The minimum absolute atomic E-state index is 0.0104. The van der Waals surface area contributed by atoms with Crippen LogP contribution in [0.3, 0.4) is 0 Å². The first-order valence-electron chi connectivity index (χ1n) is 7.03. The van der Waals surface area contributed by atoms with Crippen LogP contribution in [-0.2, 0) is 0 Å². The number of aliphatic hydroxyl groups is 1. The van der Waals surface area contributed by atoms with Gasteiger partial charge in [-0.05, 0) is 30.9 Å². The van der Waals surface area contributed by atoms with Gasteiger partial charge in [-0.3, -0.25) is 0 Å². The van der Waals surface area contributed by atoms with E-state index >= 15 is 0 Å². The minimum atomic E-state index is -0.228. The normalized spacial score (nSPS) is 25.9. The molecule has 5 heteroatoms. The Kier molecular flexibility index (Phi) is 3.38. The number of aliphatic hydroxyl groups excluding tert-OH is 1. The van der Waals surface area contributed by atoms with Gasteiger partial charge in [0.05, 0.1) is 6.61 Å². The van der Waals surface area contributed by atoms with Crippen molar-refractivity contribution in [1.82, 2.24) is 10.6 Å². The first-order valence-corrected chi connectivity index (χ1v) is 7.03. The molecule has 0 bridgehead atoms. The third kappa shape index (κ3) is 2.77. The quantitative estimate of drug-likeness (QED) is 0.768. The summed E-state index contributed by atoms with van der Waals surface area (Å²) in [7, 11) is 0. The van der Waals surface area contributed by atoms with Crippen LogP contribution in [0.4, 0.5) is 9.18 Å². The Bertz CT molecular complexity index is 516. The average Bonchev–Trinajstić information content (AvgIpc) is 3.34. The summed E-state index contributed by atoms with van der Waals surface area (Å²) < 4.78 is 13.6. The van der Waals surface area contributed by atoms with Crippen molar-refractivity contribution in [3.63, 3.8) is 0 Å². The molecule has 2 aliphatic rings. The lowest BCUT2D eigenvalue weighted by molar-refractivity contribution is 0.203. The predicted octanol–water partition coefficient (Wildman–Crippen LogP) is 1.75. The zero-order valence-electron chi connectivity index (χ0n) is 11.2. The maximum Gasteiger partial charge on any atom is 0.315 e. The molecule has 2 atom stereocenters. The topological polar surface area (TPSA) is 61.4 Å². The Morgan fingerprint density at radius 2 is 2.15 bits per heavy atom. The van der Waals surface area contributed by atoms with Gasteiger partial charge in [0.15, 0.2) is 0 Å². The van der Waals surface area contributed by atoms with Gasteiger partial charge in [-0.2, -0.15) is 0 Å². The Hall–Kier alpha value is -1.62. The van der Waals surface area contributed by atoms with E-state index in [-0.39, 0.29) is 35.8 Å². The van der Waals surface area contributed by atoms with Crippen molar-refractivity contribution < 1.29 is 14.3 Å². The third-order valence-electron chi connectivity index (χ3n) is 4.33. The highest BCUT2D eigenvalue weighted by Gasteiger charge is 2.43. The van der Waals surface area contributed by atoms with Crippen LogP contribution in [0.5, 0.6) is 0 Å². The van der Waals surface area contributed by atoms with Crippen molar-refractivity contribution in [1.29, 1.82) is 0 Å². The third-order valence-corrected chi connectivity index (χ3v) is 4.33. The Labute approximate surface area is 117 Å². The fraction of sp³-hybridized carbons (Fsp3) is 0.533. The summed E-state index contributed by atoms with van der Waals surface area (Å²) in [6.45, 7) is 0.626. The highest BCUT2D eigenvalue weighted by Crippen LogP contribution is 2.44. The smallest absolute Gasteiger partial charge is 0.315 e. The van der Waals surface area contributed by atoms with Gasteiger partial charge in [0, 0.05) is 23.9 Å². The molecule has 1 aromatic carbocycles. The summed E-state index contributed by atoms with van der Waals surface area (Å²) >= 11 is 0. The second-order valence-electron chi connectivity index (χ2n) is 5.96. The molecule has 1 aromatic rings. The van der Waals surface area contributed by atoms with E-state index < -0.39 is 0 Å². The van der Waals surface area contributed by atoms with Crippen molar-refractivity contribution in [3.05, 3.63) is 35.6 Å². The number of hydrogen-bond acceptors (Lipinski definition) is 2. The first kappa shape index (κ1) is 13.4. The van der Waals surface area contributed by atoms with Crippen molar-refractivity contribution in [2.45, 2.75) is 31.2 Å². The van der Waals surface area contributed by atoms with Crippen LogP contribution in [0.15, 0.2) is 24.3 Å². The standard InChI is InChI=1S/C15H19FN2O2/c16-12-4-2-1-3-10(12)11-7-13(11)18-14(20)17-8-15(9-19)5-6-15/h1-4,11,13,19H,5-9H2,(H2,17,18,20). The zero-order chi connectivity index (χ0) is 14.2. The molecule has 2 fully saturated rings. The average molecular weight is 278 g/mol. The van der Waals surface area contributed by atoms with Crippen LogP contribution in [-0.4, -0.2) is 30.3 Å². The van der Waals surface area contributed by atoms with Crippen molar-refractivity contribution in [2.24, 2.45) is 5.41 Å². The molecule has 3 rings (SSSR count). The highest BCUT2D eigenvalue weighted by molar-refractivity contribution is 5.75. The number of halogens is 1. The molecule has 3 N–H and O–H groups in total. The lowest BCUT2D eigenvalue weighted by Crippen LogP contribution is -2.40. The summed E-state index contributed by atoms with van der Waals surface area (Å²) in [6.07, 6.45) is 2.70. The van der Waals surface area contributed by atoms with Crippen LogP contribution >= 0.6 is 0 Å². The molecule has 0 aliphatic heterocycles. The lowest BCUT2D eigenvalue weighted by atomic mass is 10.1. The summed E-state index contributed by atoms with van der Waals surface area (Å²) in [5, 5.41) is 14.8. The number of amides is 2. The molecule has 0 aromatic heterocycles. The van der Waals surface area contributed by atoms with Crippen LogP contribution in [0.2, 0.25) is 0 Å². The molecule has 0 saturated heterocycles. The van der Waals surface area contributed by atoms with Gasteiger partial charge in [-0.1, -0.05) is 18.2 Å². The zero-order valence-corrected chi connectivity index (χ0v) is 11.2. The second-order valence-corrected chi connectivity index (χ2v) is 5.96. The van der Waals surface area contributed by atoms with Gasteiger partial charge >= 0.3 is 6.03 Å². The summed E-state index contributed by atoms with van der Waals surface area (Å²) in [6, 6.07) is 6.48. The molecule has 0 heterocycles. The maximum atomic E-state index is 13.6. The first-order chi connectivity index (χ1) is 9.63. The Morgan fingerprint density at radius 3 is 2.80 bits per heavy atom. The van der Waals surface area contributed by atoms with Crippen molar-refractivity contribution in [2.75, 3.05) is 13.2 Å². The highest BCUT2D eigenvalue weighted by atomic mass is 19.1. The summed E-state index contributed by atoms with van der Waals surface area (Å²) in [4.78, 5) is 11.7. The van der Waals surface area contributed by atoms with Gasteiger partial charge in [0.1, 0.15) is 5.82 Å². The van der Waals surface area contributed by atoms with Gasteiger partial charge in [-0.15, -0.1) is 0 Å². The number of rotatable bonds is 5. The molecular formula is C15H19FN2O2. The molecule has 2 unspecified atom stereocenters. The van der Waals surface area contributed by atoms with Gasteiger partial charge in [0.2, 0.25) is 0 Å². The van der Waals surface area contributed by atoms with Crippen LogP contribution < -0.4 is 10.6 Å². The lowest BCUT2D eigenvalue weighted by Gasteiger charge is -2.13.